The van der Waals surface area contributed by atoms with Crippen LogP contribution >= 0.6 is 0 Å². The lowest BCUT2D eigenvalue weighted by Crippen LogP contribution is -2.27. The van der Waals surface area contributed by atoms with E-state index in [4.69, 9.17) is 14.4 Å². The van der Waals surface area contributed by atoms with E-state index in [0.717, 1.165) is 11.3 Å². The fourth-order valence-corrected chi connectivity index (χ4v) is 1.48. The van der Waals surface area contributed by atoms with Gasteiger partial charge in [-0.1, -0.05) is 12.1 Å². The summed E-state index contributed by atoms with van der Waals surface area (Å²) in [5.74, 6) is 0.778. The highest BCUT2D eigenvalue weighted by Gasteiger charge is 2.13. The van der Waals surface area contributed by atoms with E-state index in [1.54, 1.807) is 0 Å². The Balaban J connectivity index is 2.41. The Labute approximate surface area is 97.7 Å². The Morgan fingerprint density at radius 2 is 1.81 bits per heavy atom. The molecule has 0 unspecified atom stereocenters. The highest BCUT2D eigenvalue weighted by Crippen LogP contribution is 2.13. The largest absolute Gasteiger partial charge is 0.469 e. The molecule has 0 heterocycles. The van der Waals surface area contributed by atoms with E-state index in [9.17, 15) is 0 Å². The summed E-state index contributed by atoms with van der Waals surface area (Å²) in [5.41, 5.74) is 1.00. The first-order chi connectivity index (χ1) is 7.51. The SMILES string of the molecule is C[Si](C)(C)OCOc1ccc(CC#N)cc1. The van der Waals surface area contributed by atoms with Gasteiger partial charge in [-0.15, -0.1) is 0 Å². The van der Waals surface area contributed by atoms with Crippen LogP contribution in [0.4, 0.5) is 0 Å². The summed E-state index contributed by atoms with van der Waals surface area (Å²) in [6.45, 7) is 6.65. The third kappa shape index (κ3) is 4.96. The number of nitriles is 1. The molecule has 0 spiro atoms. The van der Waals surface area contributed by atoms with Crippen molar-refractivity contribution in [3.05, 3.63) is 29.8 Å². The van der Waals surface area contributed by atoms with Crippen LogP contribution in [0.1, 0.15) is 5.56 Å². The summed E-state index contributed by atoms with van der Waals surface area (Å²) < 4.78 is 11.0. The molecule has 0 fully saturated rings. The van der Waals surface area contributed by atoms with Crippen molar-refractivity contribution in [1.29, 1.82) is 5.26 Å². The lowest BCUT2D eigenvalue weighted by atomic mass is 10.2. The summed E-state index contributed by atoms with van der Waals surface area (Å²) in [5, 5.41) is 8.52. The average Bonchev–Trinajstić information content (AvgIpc) is 2.19. The first kappa shape index (κ1) is 12.8. The lowest BCUT2D eigenvalue weighted by molar-refractivity contribution is 0.114. The number of benzene rings is 1. The number of nitrogens with zero attached hydrogens (tertiary/aromatic N) is 1. The molecular formula is C12H17NO2Si. The van der Waals surface area contributed by atoms with Gasteiger partial charge in [-0.2, -0.15) is 5.26 Å². The van der Waals surface area contributed by atoms with Crippen molar-refractivity contribution in [1.82, 2.24) is 0 Å². The molecule has 4 heteroatoms. The molecule has 0 aliphatic rings. The van der Waals surface area contributed by atoms with Gasteiger partial charge in [0.05, 0.1) is 12.5 Å². The van der Waals surface area contributed by atoms with E-state index in [1.807, 2.05) is 24.3 Å². The van der Waals surface area contributed by atoms with Crippen LogP contribution in [0.15, 0.2) is 24.3 Å². The van der Waals surface area contributed by atoms with E-state index in [2.05, 4.69) is 25.7 Å². The maximum absolute atomic E-state index is 8.52. The van der Waals surface area contributed by atoms with Crippen LogP contribution in [0.2, 0.25) is 19.6 Å². The maximum Gasteiger partial charge on any atom is 0.188 e. The number of rotatable bonds is 5. The average molecular weight is 235 g/mol. The van der Waals surface area contributed by atoms with Gasteiger partial charge in [0.2, 0.25) is 0 Å². The van der Waals surface area contributed by atoms with Gasteiger partial charge >= 0.3 is 0 Å². The molecule has 16 heavy (non-hydrogen) atoms. The van der Waals surface area contributed by atoms with Crippen LogP contribution in [0, 0.1) is 11.3 Å². The molecule has 0 aromatic heterocycles. The minimum Gasteiger partial charge on any atom is -0.469 e. The van der Waals surface area contributed by atoms with E-state index >= 15 is 0 Å². The molecule has 0 saturated heterocycles. The van der Waals surface area contributed by atoms with Gasteiger partial charge in [-0.05, 0) is 37.3 Å². The smallest absolute Gasteiger partial charge is 0.188 e. The molecule has 86 valence electrons. The Hall–Kier alpha value is -1.31. The fraction of sp³-hybridized carbons (Fsp3) is 0.417. The molecule has 1 rings (SSSR count). The van der Waals surface area contributed by atoms with Crippen LogP contribution in [-0.4, -0.2) is 15.1 Å². The highest BCUT2D eigenvalue weighted by atomic mass is 28.4. The number of hydrogen-bond donors (Lipinski definition) is 0. The van der Waals surface area contributed by atoms with Crippen LogP contribution in [0.3, 0.4) is 0 Å². The van der Waals surface area contributed by atoms with Gasteiger partial charge in [-0.25, -0.2) is 0 Å². The molecule has 0 bridgehead atoms. The third-order valence-corrected chi connectivity index (χ3v) is 2.91. The second-order valence-electron chi connectivity index (χ2n) is 4.50. The molecule has 1 aromatic carbocycles. The Bertz CT molecular complexity index is 362. The lowest BCUT2D eigenvalue weighted by Gasteiger charge is -2.17. The molecule has 0 N–H and O–H groups in total. The predicted molar refractivity (Wildman–Crippen MR) is 65.7 cm³/mol. The minimum absolute atomic E-state index is 0.299. The van der Waals surface area contributed by atoms with E-state index < -0.39 is 8.32 Å². The van der Waals surface area contributed by atoms with Crippen molar-refractivity contribution < 1.29 is 9.16 Å². The Morgan fingerprint density at radius 1 is 1.19 bits per heavy atom. The monoisotopic (exact) mass is 235 g/mol. The van der Waals surface area contributed by atoms with Crippen molar-refractivity contribution in [3.63, 3.8) is 0 Å². The zero-order chi connectivity index (χ0) is 12.0. The number of hydrogen-bond acceptors (Lipinski definition) is 3. The van der Waals surface area contributed by atoms with Crippen LogP contribution < -0.4 is 4.74 Å². The van der Waals surface area contributed by atoms with Crippen molar-refractivity contribution >= 4 is 8.32 Å². The standard InChI is InChI=1S/C12H17NO2Si/c1-16(2,3)15-10-14-12-6-4-11(5-7-12)8-9-13/h4-7H,8,10H2,1-3H3. The number of ether oxygens (including phenoxy) is 1. The maximum atomic E-state index is 8.52. The van der Waals surface area contributed by atoms with Crippen LogP contribution in [0.25, 0.3) is 0 Å². The molecule has 0 saturated carbocycles. The van der Waals surface area contributed by atoms with Crippen molar-refractivity contribution in [3.8, 4) is 11.8 Å². The van der Waals surface area contributed by atoms with E-state index in [1.165, 1.54) is 0 Å². The molecule has 0 amide bonds. The molecule has 0 radical (unpaired) electrons. The third-order valence-electron chi connectivity index (χ3n) is 1.92. The zero-order valence-electron chi connectivity index (χ0n) is 9.99. The quantitative estimate of drug-likeness (QED) is 0.582. The molecule has 3 nitrogen and oxygen atoms in total. The topological polar surface area (TPSA) is 42.2 Å². The molecule has 1 aromatic rings. The predicted octanol–water partition coefficient (Wildman–Crippen LogP) is 2.94. The molecule has 0 atom stereocenters. The Morgan fingerprint density at radius 3 is 2.31 bits per heavy atom. The second-order valence-corrected chi connectivity index (χ2v) is 9.01. The van der Waals surface area contributed by atoms with Crippen molar-refractivity contribution in [2.45, 2.75) is 26.1 Å². The van der Waals surface area contributed by atoms with Gasteiger partial charge in [0.1, 0.15) is 5.75 Å². The fourth-order valence-electron chi connectivity index (χ4n) is 1.07. The van der Waals surface area contributed by atoms with Gasteiger partial charge in [0, 0.05) is 0 Å². The molecule has 0 aliphatic heterocycles. The normalized spacial score (nSPS) is 10.9. The second kappa shape index (κ2) is 5.68. The summed E-state index contributed by atoms with van der Waals surface area (Å²) >= 11 is 0. The van der Waals surface area contributed by atoms with Gasteiger partial charge < -0.3 is 9.16 Å². The zero-order valence-corrected chi connectivity index (χ0v) is 11.0. The summed E-state index contributed by atoms with van der Waals surface area (Å²) in [7, 11) is -1.50. The van der Waals surface area contributed by atoms with Crippen LogP contribution in [-0.2, 0) is 10.8 Å². The Kier molecular flexibility index (Phi) is 4.53. The first-order valence-corrected chi connectivity index (χ1v) is 8.65. The molecule has 0 aliphatic carbocycles. The van der Waals surface area contributed by atoms with Gasteiger partial charge in [-0.3, -0.25) is 0 Å². The summed E-state index contributed by atoms with van der Waals surface area (Å²) in [4.78, 5) is 0. The van der Waals surface area contributed by atoms with E-state index in [0.29, 0.717) is 13.2 Å². The van der Waals surface area contributed by atoms with Crippen molar-refractivity contribution in [2.24, 2.45) is 0 Å². The van der Waals surface area contributed by atoms with E-state index in [-0.39, 0.29) is 0 Å². The van der Waals surface area contributed by atoms with Gasteiger partial charge in [0.15, 0.2) is 15.1 Å². The summed E-state index contributed by atoms with van der Waals surface area (Å²) in [6, 6.07) is 9.62. The van der Waals surface area contributed by atoms with Gasteiger partial charge in [0.25, 0.3) is 0 Å². The highest BCUT2D eigenvalue weighted by molar-refractivity contribution is 6.69. The molecular weight excluding hydrogens is 218 g/mol. The first-order valence-electron chi connectivity index (χ1n) is 5.24. The summed E-state index contributed by atoms with van der Waals surface area (Å²) in [6.07, 6.45) is 0.436. The minimum atomic E-state index is -1.50. The van der Waals surface area contributed by atoms with Crippen molar-refractivity contribution in [2.75, 3.05) is 6.79 Å². The van der Waals surface area contributed by atoms with Crippen LogP contribution in [0.5, 0.6) is 5.75 Å².